The second-order valence-electron chi connectivity index (χ2n) is 14.2. The molecule has 0 unspecified atom stereocenters. The van der Waals surface area contributed by atoms with Crippen molar-refractivity contribution >= 4 is 70.3 Å². The van der Waals surface area contributed by atoms with E-state index in [2.05, 4.69) is 20.8 Å². The van der Waals surface area contributed by atoms with Gasteiger partial charge in [0.15, 0.2) is 0 Å². The van der Waals surface area contributed by atoms with Crippen LogP contribution in [0.15, 0.2) is 48.8 Å². The Morgan fingerprint density at radius 1 is 0.776 bits per heavy atom. The van der Waals surface area contributed by atoms with Crippen molar-refractivity contribution < 1.29 is 37.4 Å². The lowest BCUT2D eigenvalue weighted by molar-refractivity contribution is -0.120. The number of thioether (sulfide) groups is 2. The fraction of sp³-hybridized carbons (Fsp3) is 0.421. The molecule has 2 fully saturated rings. The molecule has 2 atom stereocenters. The van der Waals surface area contributed by atoms with Crippen LogP contribution < -0.4 is 30.2 Å². The van der Waals surface area contributed by atoms with Crippen LogP contribution in [0.4, 0.5) is 41.1 Å². The Hall–Kier alpha value is -5.50. The number of rotatable bonds is 12. The average Bonchev–Trinajstić information content (AvgIpc) is 4.03. The van der Waals surface area contributed by atoms with Crippen molar-refractivity contribution in [3.05, 3.63) is 82.9 Å². The van der Waals surface area contributed by atoms with Crippen LogP contribution >= 0.6 is 23.5 Å². The topological polar surface area (TPSA) is 159 Å². The van der Waals surface area contributed by atoms with Crippen LogP contribution in [0.25, 0.3) is 0 Å². The summed E-state index contributed by atoms with van der Waals surface area (Å²) in [6.07, 6.45) is 5.89. The first-order chi connectivity index (χ1) is 27.9. The maximum Gasteiger partial charge on any atom is 0.414 e. The first-order valence-corrected chi connectivity index (χ1v) is 21.3. The van der Waals surface area contributed by atoms with Crippen LogP contribution in [0.5, 0.6) is 0 Å². The molecule has 6 heterocycles. The minimum atomic E-state index is -0.545. The zero-order valence-corrected chi connectivity index (χ0v) is 34.1. The molecule has 4 aromatic rings. The van der Waals surface area contributed by atoms with E-state index >= 15 is 0 Å². The molecule has 2 aromatic heterocycles. The normalized spacial score (nSPS) is 18.2. The van der Waals surface area contributed by atoms with Gasteiger partial charge in [-0.2, -0.15) is 10.2 Å². The predicted molar refractivity (Wildman–Crippen MR) is 217 cm³/mol. The van der Waals surface area contributed by atoms with Crippen LogP contribution in [-0.2, 0) is 57.0 Å². The van der Waals surface area contributed by atoms with Crippen LogP contribution in [0.2, 0.25) is 0 Å². The van der Waals surface area contributed by atoms with Crippen molar-refractivity contribution in [2.45, 2.75) is 64.0 Å². The Balaban J connectivity index is 0.000000177. The second kappa shape index (κ2) is 17.6. The number of nitrogens with one attached hydrogen (secondary N) is 2. The fourth-order valence-electron chi connectivity index (χ4n) is 7.22. The third kappa shape index (κ3) is 8.96. The zero-order valence-electron chi connectivity index (χ0n) is 32.4. The zero-order chi connectivity index (χ0) is 41.1. The van der Waals surface area contributed by atoms with E-state index in [4.69, 9.17) is 9.47 Å². The van der Waals surface area contributed by atoms with E-state index in [0.29, 0.717) is 48.9 Å². The Bertz CT molecular complexity index is 2180. The lowest BCUT2D eigenvalue weighted by atomic mass is 10.2. The van der Waals surface area contributed by atoms with Gasteiger partial charge >= 0.3 is 12.2 Å². The maximum atomic E-state index is 14.9. The van der Waals surface area contributed by atoms with Gasteiger partial charge in [-0.05, 0) is 48.9 Å². The van der Waals surface area contributed by atoms with Gasteiger partial charge in [-0.25, -0.2) is 18.4 Å². The number of amides is 4. The highest BCUT2D eigenvalue weighted by atomic mass is 32.2. The summed E-state index contributed by atoms with van der Waals surface area (Å²) in [5.74, 6) is 0.383. The molecule has 308 valence electrons. The fourth-order valence-corrected chi connectivity index (χ4v) is 8.09. The van der Waals surface area contributed by atoms with Crippen molar-refractivity contribution in [2.75, 3.05) is 58.3 Å². The molecular weight excluding hydrogens is 795 g/mol. The summed E-state index contributed by atoms with van der Waals surface area (Å²) in [4.78, 5) is 53.0. The molecule has 0 aliphatic carbocycles. The van der Waals surface area contributed by atoms with Crippen molar-refractivity contribution in [2.24, 2.45) is 0 Å². The number of carbonyl (C=O) groups excluding carboxylic acids is 4. The lowest BCUT2D eigenvalue weighted by Crippen LogP contribution is -2.33. The van der Waals surface area contributed by atoms with E-state index in [0.717, 1.165) is 34.3 Å². The summed E-state index contributed by atoms with van der Waals surface area (Å²) in [6.45, 7) is 6.14. The molecule has 4 aliphatic heterocycles. The number of hydrogen-bond donors (Lipinski definition) is 2. The molecule has 8 rings (SSSR count). The number of cyclic esters (lactones) is 2. The molecular formula is C38H44F2N10O6S2. The van der Waals surface area contributed by atoms with Gasteiger partial charge in [0.2, 0.25) is 11.8 Å². The van der Waals surface area contributed by atoms with Gasteiger partial charge in [0.1, 0.15) is 23.8 Å². The van der Waals surface area contributed by atoms with Crippen LogP contribution in [-0.4, -0.2) is 94.5 Å². The average molecular weight is 839 g/mol. The first-order valence-electron chi connectivity index (χ1n) is 18.5. The summed E-state index contributed by atoms with van der Waals surface area (Å²) in [5.41, 5.74) is 6.11. The highest BCUT2D eigenvalue weighted by Crippen LogP contribution is 2.35. The summed E-state index contributed by atoms with van der Waals surface area (Å²) in [5, 5.41) is 14.2. The number of benzene rings is 2. The molecule has 0 spiro atoms. The smallest absolute Gasteiger partial charge is 0.414 e. The van der Waals surface area contributed by atoms with E-state index in [1.807, 2.05) is 44.1 Å². The van der Waals surface area contributed by atoms with E-state index in [9.17, 15) is 28.0 Å². The number of hydrogen-bond acceptors (Lipinski definition) is 12. The molecule has 2 saturated heterocycles. The van der Waals surface area contributed by atoms with E-state index in [-0.39, 0.29) is 38.0 Å². The van der Waals surface area contributed by atoms with E-state index < -0.39 is 36.0 Å². The summed E-state index contributed by atoms with van der Waals surface area (Å²) in [6, 6.07) is 9.51. The monoisotopic (exact) mass is 838 g/mol. The summed E-state index contributed by atoms with van der Waals surface area (Å²) in [7, 11) is 0. The molecule has 20 heteroatoms. The molecule has 2 N–H and O–H groups in total. The predicted octanol–water partition coefficient (Wildman–Crippen LogP) is 4.65. The molecule has 0 bridgehead atoms. The minimum Gasteiger partial charge on any atom is -0.442 e. The number of halogens is 2. The minimum absolute atomic E-state index is 0.192. The third-order valence-electron chi connectivity index (χ3n) is 9.95. The molecule has 4 aliphatic rings. The van der Waals surface area contributed by atoms with Gasteiger partial charge in [0, 0.05) is 44.3 Å². The molecule has 2 aromatic carbocycles. The van der Waals surface area contributed by atoms with Crippen molar-refractivity contribution in [3.63, 3.8) is 0 Å². The highest BCUT2D eigenvalue weighted by molar-refractivity contribution is 7.97. The molecule has 58 heavy (non-hydrogen) atoms. The molecule has 0 radical (unpaired) electrons. The van der Waals surface area contributed by atoms with Crippen LogP contribution in [0.3, 0.4) is 0 Å². The van der Waals surface area contributed by atoms with Gasteiger partial charge < -0.3 is 29.9 Å². The van der Waals surface area contributed by atoms with Gasteiger partial charge in [-0.15, -0.1) is 23.5 Å². The number of ether oxygens (including phenoxy) is 2. The molecule has 4 amide bonds. The maximum absolute atomic E-state index is 14.9. The Kier molecular flexibility index (Phi) is 12.3. The molecule has 0 saturated carbocycles. The van der Waals surface area contributed by atoms with Gasteiger partial charge in [0.25, 0.3) is 0 Å². The number of fused-ring (bicyclic) bond motifs is 2. The number of carbonyl (C=O) groups is 4. The van der Waals surface area contributed by atoms with E-state index in [1.54, 1.807) is 47.8 Å². The largest absolute Gasteiger partial charge is 0.442 e. The number of nitrogens with zero attached hydrogens (tertiary/aromatic N) is 8. The van der Waals surface area contributed by atoms with Crippen molar-refractivity contribution in [1.82, 2.24) is 30.2 Å². The first kappa shape index (κ1) is 40.7. The van der Waals surface area contributed by atoms with E-state index in [1.165, 1.54) is 35.8 Å². The van der Waals surface area contributed by atoms with Gasteiger partial charge in [0.05, 0.1) is 91.4 Å². The van der Waals surface area contributed by atoms with Crippen LogP contribution in [0, 0.1) is 11.6 Å². The Labute approximate surface area is 342 Å². The van der Waals surface area contributed by atoms with Gasteiger partial charge in [-0.1, -0.05) is 0 Å². The number of aromatic nitrogens is 4. The quantitative estimate of drug-likeness (QED) is 0.204. The summed E-state index contributed by atoms with van der Waals surface area (Å²) >= 11 is 3.38. The number of anilines is 4. The van der Waals surface area contributed by atoms with Crippen molar-refractivity contribution in [1.29, 1.82) is 0 Å². The third-order valence-corrected chi connectivity index (χ3v) is 11.0. The SMILES string of the molecule is CSCn1cc2c(n1)CN(c1ccc(N3C[C@H](CNC(C)=O)OC3=O)cc1F)C2.CSCn1ncc2c1CN(c1ccc(N3C[C@H](CNC(C)=O)OC3=O)cc1F)C2. The lowest BCUT2D eigenvalue weighted by Gasteiger charge is -2.21. The summed E-state index contributed by atoms with van der Waals surface area (Å²) < 4.78 is 44.1. The van der Waals surface area contributed by atoms with Gasteiger partial charge in [-0.3, -0.25) is 28.8 Å². The standard InChI is InChI=1S/2C19H22FN5O3S/c1-12(26)21-6-15-9-25(19(27)28-15)14-3-4-18(16(20)5-14)23-7-13-8-24(11-29-2)22-17(13)10-23;1-12(26)21-7-15-9-24(19(27)28-15)14-3-4-17(16(20)5-14)23-8-13-6-22-25(11-29-2)18(13)10-23/h3-5,8,15H,6-7,9-11H2,1-2H3,(H,21,26);3-6,15H,7-11H2,1-2H3,(H,21,26)/t2*15-/m00/s1. The van der Waals surface area contributed by atoms with Crippen LogP contribution in [0.1, 0.15) is 36.4 Å². The highest BCUT2D eigenvalue weighted by Gasteiger charge is 2.35. The second-order valence-corrected chi connectivity index (χ2v) is 15.9. The van der Waals surface area contributed by atoms with Crippen molar-refractivity contribution in [3.8, 4) is 0 Å². The molecule has 16 nitrogen and oxygen atoms in total. The Morgan fingerprint density at radius 2 is 1.31 bits per heavy atom. The Morgan fingerprint density at radius 3 is 1.81 bits per heavy atom.